The molecule has 1 fully saturated rings. The predicted octanol–water partition coefficient (Wildman–Crippen LogP) is 0.715. The van der Waals surface area contributed by atoms with Crippen molar-refractivity contribution < 1.29 is 17.6 Å². The van der Waals surface area contributed by atoms with E-state index in [1.165, 1.54) is 0 Å². The number of carbonyl (C=O) groups excluding carboxylic acids is 1. The maximum atomic E-state index is 11.3. The average Bonchev–Trinajstić information content (AvgIpc) is 2.83. The molecule has 1 aromatic rings. The van der Waals surface area contributed by atoms with Crippen LogP contribution in [-0.4, -0.2) is 39.3 Å². The Morgan fingerprint density at radius 2 is 2.25 bits per heavy atom. The van der Waals surface area contributed by atoms with Crippen molar-refractivity contribution in [2.24, 2.45) is 0 Å². The second-order valence-electron chi connectivity index (χ2n) is 3.96. The van der Waals surface area contributed by atoms with E-state index in [0.29, 0.717) is 18.6 Å². The van der Waals surface area contributed by atoms with Crippen LogP contribution < -0.4 is 4.90 Å². The Kier molecular flexibility index (Phi) is 2.75. The minimum Gasteiger partial charge on any atom is -0.438 e. The Hall–Kier alpha value is -1.30. The summed E-state index contributed by atoms with van der Waals surface area (Å²) >= 11 is 0. The van der Waals surface area contributed by atoms with Gasteiger partial charge in [0.1, 0.15) is 0 Å². The second kappa shape index (κ2) is 3.93. The van der Waals surface area contributed by atoms with Crippen LogP contribution in [0.2, 0.25) is 0 Å². The van der Waals surface area contributed by atoms with Crippen molar-refractivity contribution >= 4 is 22.0 Å². The summed E-state index contributed by atoms with van der Waals surface area (Å²) in [5.74, 6) is 1.16. The predicted molar refractivity (Wildman–Crippen MR) is 59.6 cm³/mol. The molecule has 1 aromatic heterocycles. The van der Waals surface area contributed by atoms with Gasteiger partial charge in [-0.1, -0.05) is 0 Å². The minimum atomic E-state index is -2.90. The molecule has 6 heteroatoms. The second-order valence-corrected chi connectivity index (χ2v) is 6.19. The highest BCUT2D eigenvalue weighted by atomic mass is 32.2. The van der Waals surface area contributed by atoms with E-state index < -0.39 is 9.84 Å². The summed E-state index contributed by atoms with van der Waals surface area (Å²) in [7, 11) is -1.12. The molecule has 1 aliphatic rings. The average molecular weight is 243 g/mol. The van der Waals surface area contributed by atoms with Crippen LogP contribution in [0.25, 0.3) is 0 Å². The molecule has 1 aliphatic heterocycles. The minimum absolute atomic E-state index is 0.0596. The van der Waals surface area contributed by atoms with Crippen LogP contribution in [0.5, 0.6) is 0 Å². The number of hydrogen-bond acceptors (Lipinski definition) is 5. The molecule has 0 spiro atoms. The molecule has 1 atom stereocenters. The summed E-state index contributed by atoms with van der Waals surface area (Å²) in [6.45, 7) is 0. The molecule has 0 amide bonds. The van der Waals surface area contributed by atoms with Gasteiger partial charge in [0.25, 0.3) is 0 Å². The van der Waals surface area contributed by atoms with Gasteiger partial charge in [-0.2, -0.15) is 0 Å². The van der Waals surface area contributed by atoms with Crippen LogP contribution in [0, 0.1) is 0 Å². The number of rotatable bonds is 3. The lowest BCUT2D eigenvalue weighted by Crippen LogP contribution is -2.32. The van der Waals surface area contributed by atoms with E-state index in [1.54, 1.807) is 24.1 Å². The highest BCUT2D eigenvalue weighted by Gasteiger charge is 2.31. The number of hydrogen-bond donors (Lipinski definition) is 0. The van der Waals surface area contributed by atoms with Gasteiger partial charge in [0.15, 0.2) is 27.8 Å². The first kappa shape index (κ1) is 11.2. The molecular weight excluding hydrogens is 230 g/mol. The van der Waals surface area contributed by atoms with E-state index >= 15 is 0 Å². The molecule has 1 saturated heterocycles. The van der Waals surface area contributed by atoms with Gasteiger partial charge < -0.3 is 9.32 Å². The van der Waals surface area contributed by atoms with Gasteiger partial charge >= 0.3 is 0 Å². The van der Waals surface area contributed by atoms with Gasteiger partial charge in [-0.3, -0.25) is 4.79 Å². The van der Waals surface area contributed by atoms with Gasteiger partial charge in [-0.05, 0) is 12.5 Å². The first-order chi connectivity index (χ1) is 7.52. The third kappa shape index (κ3) is 2.11. The van der Waals surface area contributed by atoms with E-state index in [1.807, 2.05) is 0 Å². The Morgan fingerprint density at radius 1 is 1.50 bits per heavy atom. The smallest absolute Gasteiger partial charge is 0.196 e. The van der Waals surface area contributed by atoms with Crippen molar-refractivity contribution in [2.45, 2.75) is 12.5 Å². The molecule has 16 heavy (non-hydrogen) atoms. The van der Waals surface area contributed by atoms with Crippen molar-refractivity contribution in [1.82, 2.24) is 0 Å². The topological polar surface area (TPSA) is 67.6 Å². The number of aldehydes is 1. The Bertz CT molecular complexity index is 491. The van der Waals surface area contributed by atoms with E-state index in [0.717, 1.165) is 0 Å². The largest absolute Gasteiger partial charge is 0.438 e. The summed E-state index contributed by atoms with van der Waals surface area (Å²) < 4.78 is 27.9. The highest BCUT2D eigenvalue weighted by molar-refractivity contribution is 7.91. The fourth-order valence-corrected chi connectivity index (χ4v) is 3.63. The summed E-state index contributed by atoms with van der Waals surface area (Å²) in [5.41, 5.74) is 0. The SMILES string of the molecule is CN(c1ccc(C=O)o1)C1CCS(=O)(=O)C1. The summed E-state index contributed by atoms with van der Waals surface area (Å²) in [4.78, 5) is 12.2. The molecule has 0 saturated carbocycles. The molecule has 0 radical (unpaired) electrons. The molecule has 0 N–H and O–H groups in total. The van der Waals surface area contributed by atoms with Gasteiger partial charge in [0, 0.05) is 19.2 Å². The number of furan rings is 1. The molecule has 1 unspecified atom stereocenters. The highest BCUT2D eigenvalue weighted by Crippen LogP contribution is 2.24. The van der Waals surface area contributed by atoms with Crippen LogP contribution in [-0.2, 0) is 9.84 Å². The number of carbonyl (C=O) groups is 1. The van der Waals surface area contributed by atoms with E-state index in [9.17, 15) is 13.2 Å². The van der Waals surface area contributed by atoms with Gasteiger partial charge in [-0.25, -0.2) is 8.42 Å². The van der Waals surface area contributed by atoms with Crippen LogP contribution in [0.3, 0.4) is 0 Å². The fraction of sp³-hybridized carbons (Fsp3) is 0.500. The number of nitrogens with zero attached hydrogens (tertiary/aromatic N) is 1. The van der Waals surface area contributed by atoms with Crippen LogP contribution in [0.1, 0.15) is 17.0 Å². The normalized spacial score (nSPS) is 23.2. The third-order valence-electron chi connectivity index (χ3n) is 2.83. The zero-order valence-electron chi connectivity index (χ0n) is 8.92. The summed E-state index contributed by atoms with van der Waals surface area (Å²) in [6.07, 6.45) is 1.23. The lowest BCUT2D eigenvalue weighted by Gasteiger charge is -2.22. The fourth-order valence-electron chi connectivity index (χ4n) is 1.86. The third-order valence-corrected chi connectivity index (χ3v) is 4.58. The molecule has 0 bridgehead atoms. The van der Waals surface area contributed by atoms with Crippen LogP contribution >= 0.6 is 0 Å². The first-order valence-electron chi connectivity index (χ1n) is 5.00. The van der Waals surface area contributed by atoms with E-state index in [2.05, 4.69) is 0 Å². The molecular formula is C10H13NO4S. The zero-order valence-corrected chi connectivity index (χ0v) is 9.74. The number of sulfone groups is 1. The quantitative estimate of drug-likeness (QED) is 0.731. The molecule has 2 heterocycles. The van der Waals surface area contributed by atoms with E-state index in [4.69, 9.17) is 4.42 Å². The standard InChI is InChI=1S/C10H13NO4S/c1-11(8-4-5-16(13,14)7-8)10-3-2-9(6-12)15-10/h2-3,6,8H,4-5,7H2,1H3. The lowest BCUT2D eigenvalue weighted by molar-refractivity contribution is 0.110. The number of anilines is 1. The Balaban J connectivity index is 2.14. The summed E-state index contributed by atoms with van der Waals surface area (Å²) in [6, 6.07) is 3.19. The Labute approximate surface area is 94.0 Å². The molecule has 2 rings (SSSR count). The molecule has 88 valence electrons. The van der Waals surface area contributed by atoms with Gasteiger partial charge in [0.2, 0.25) is 0 Å². The van der Waals surface area contributed by atoms with Crippen molar-refractivity contribution in [3.8, 4) is 0 Å². The maximum absolute atomic E-state index is 11.3. The van der Waals surface area contributed by atoms with Crippen molar-refractivity contribution in [2.75, 3.05) is 23.5 Å². The Morgan fingerprint density at radius 3 is 2.75 bits per heavy atom. The summed E-state index contributed by atoms with van der Waals surface area (Å²) in [5, 5.41) is 0. The van der Waals surface area contributed by atoms with Gasteiger partial charge in [-0.15, -0.1) is 0 Å². The van der Waals surface area contributed by atoms with Crippen LogP contribution in [0.15, 0.2) is 16.5 Å². The van der Waals surface area contributed by atoms with Crippen molar-refractivity contribution in [3.63, 3.8) is 0 Å². The monoisotopic (exact) mass is 243 g/mol. The first-order valence-corrected chi connectivity index (χ1v) is 6.82. The van der Waals surface area contributed by atoms with Crippen molar-refractivity contribution in [1.29, 1.82) is 0 Å². The lowest BCUT2D eigenvalue weighted by atomic mass is 10.2. The molecule has 0 aliphatic carbocycles. The van der Waals surface area contributed by atoms with E-state index in [-0.39, 0.29) is 23.3 Å². The maximum Gasteiger partial charge on any atom is 0.196 e. The van der Waals surface area contributed by atoms with Gasteiger partial charge in [0.05, 0.1) is 11.5 Å². The molecule has 5 nitrogen and oxygen atoms in total. The zero-order chi connectivity index (χ0) is 11.8. The van der Waals surface area contributed by atoms with Crippen LogP contribution in [0.4, 0.5) is 5.88 Å². The molecule has 0 aromatic carbocycles. The van der Waals surface area contributed by atoms with Crippen molar-refractivity contribution in [3.05, 3.63) is 17.9 Å².